The molecule has 6 nitrogen and oxygen atoms in total. The van der Waals surface area contributed by atoms with E-state index in [4.69, 9.17) is 0 Å². The van der Waals surface area contributed by atoms with Crippen LogP contribution in [0.1, 0.15) is 40.5 Å². The Kier molecular flexibility index (Phi) is 6.56. The normalized spacial score (nSPS) is 20.8. The van der Waals surface area contributed by atoms with Gasteiger partial charge in [-0.2, -0.15) is 0 Å². The van der Waals surface area contributed by atoms with Crippen LogP contribution in [0.15, 0.2) is 24.3 Å². The van der Waals surface area contributed by atoms with Crippen LogP contribution < -0.4 is 5.32 Å². The molecule has 0 bridgehead atoms. The summed E-state index contributed by atoms with van der Waals surface area (Å²) in [4.78, 5) is 39.9. The van der Waals surface area contributed by atoms with Crippen LogP contribution in [0.25, 0.3) is 0 Å². The number of halogens is 1. The molecule has 2 aliphatic heterocycles. The number of benzene rings is 1. The average molecular weight is 366 g/mol. The van der Waals surface area contributed by atoms with Crippen molar-refractivity contribution in [3.63, 3.8) is 0 Å². The van der Waals surface area contributed by atoms with E-state index >= 15 is 0 Å². The Morgan fingerprint density at radius 3 is 2.44 bits per heavy atom. The number of nitrogens with zero attached hydrogens (tertiary/aromatic N) is 2. The number of carbonyl (C=O) groups is 3. The molecule has 0 spiro atoms. The minimum atomic E-state index is -0.0302. The molecule has 2 amide bonds. The fourth-order valence-corrected chi connectivity index (χ4v) is 3.43. The molecular weight excluding hydrogens is 342 g/mol. The van der Waals surface area contributed by atoms with E-state index in [1.165, 1.54) is 6.92 Å². The second-order valence-corrected chi connectivity index (χ2v) is 6.44. The molecule has 1 unspecified atom stereocenters. The van der Waals surface area contributed by atoms with Crippen LogP contribution in [-0.2, 0) is 4.79 Å². The number of likely N-dealkylation sites (tertiary alicyclic amines) is 1. The van der Waals surface area contributed by atoms with Crippen molar-refractivity contribution >= 4 is 30.0 Å². The lowest BCUT2D eigenvalue weighted by molar-refractivity contribution is -0.135. The Morgan fingerprint density at radius 2 is 1.80 bits per heavy atom. The van der Waals surface area contributed by atoms with Crippen molar-refractivity contribution < 1.29 is 14.4 Å². The maximum atomic E-state index is 12.7. The highest BCUT2D eigenvalue weighted by Gasteiger charge is 2.31. The van der Waals surface area contributed by atoms with E-state index in [1.807, 2.05) is 9.80 Å². The predicted octanol–water partition coefficient (Wildman–Crippen LogP) is 1.35. The SMILES string of the molecule is CC(=O)c1ccc(C(=O)N2CCCC(N3CCNCC3=O)C2)cc1.Cl. The van der Waals surface area contributed by atoms with Crippen LogP contribution in [-0.4, -0.2) is 66.2 Å². The van der Waals surface area contributed by atoms with E-state index in [9.17, 15) is 14.4 Å². The van der Waals surface area contributed by atoms with Crippen LogP contribution in [0.5, 0.6) is 0 Å². The number of hydrogen-bond acceptors (Lipinski definition) is 4. The van der Waals surface area contributed by atoms with Crippen molar-refractivity contribution in [2.45, 2.75) is 25.8 Å². The smallest absolute Gasteiger partial charge is 0.253 e. The molecule has 1 N–H and O–H groups in total. The van der Waals surface area contributed by atoms with Gasteiger partial charge in [0.15, 0.2) is 5.78 Å². The summed E-state index contributed by atoms with van der Waals surface area (Å²) in [6.07, 6.45) is 1.85. The molecule has 2 saturated heterocycles. The lowest BCUT2D eigenvalue weighted by atomic mass is 10.0. The maximum Gasteiger partial charge on any atom is 0.253 e. The number of carbonyl (C=O) groups excluding carboxylic acids is 3. The molecule has 3 rings (SSSR count). The monoisotopic (exact) mass is 365 g/mol. The standard InChI is InChI=1S/C18H23N3O3.ClH/c1-13(22)14-4-6-15(7-5-14)18(24)20-9-2-3-16(12-20)21-10-8-19-11-17(21)23;/h4-7,16,19H,2-3,8-12H2,1H3;1H. The van der Waals surface area contributed by atoms with Gasteiger partial charge in [-0.05, 0) is 31.9 Å². The third kappa shape index (κ3) is 4.38. The van der Waals surface area contributed by atoms with E-state index in [-0.39, 0.29) is 36.0 Å². The summed E-state index contributed by atoms with van der Waals surface area (Å²) in [6, 6.07) is 6.90. The summed E-state index contributed by atoms with van der Waals surface area (Å²) in [5, 5.41) is 3.08. The van der Waals surface area contributed by atoms with Gasteiger partial charge in [-0.25, -0.2) is 0 Å². The first-order valence-corrected chi connectivity index (χ1v) is 8.46. The Bertz CT molecular complexity index is 647. The van der Waals surface area contributed by atoms with E-state index in [2.05, 4.69) is 5.32 Å². The van der Waals surface area contributed by atoms with Gasteiger partial charge in [0, 0.05) is 43.3 Å². The van der Waals surface area contributed by atoms with Crippen LogP contribution in [0.2, 0.25) is 0 Å². The van der Waals surface area contributed by atoms with Gasteiger partial charge in [0.2, 0.25) is 5.91 Å². The summed E-state index contributed by atoms with van der Waals surface area (Å²) in [5.74, 6) is 0.0769. The first kappa shape index (κ1) is 19.4. The van der Waals surface area contributed by atoms with Gasteiger partial charge in [-0.15, -0.1) is 12.4 Å². The number of piperidine rings is 1. The number of ketones is 1. The zero-order chi connectivity index (χ0) is 17.1. The number of rotatable bonds is 3. The van der Waals surface area contributed by atoms with Gasteiger partial charge < -0.3 is 15.1 Å². The summed E-state index contributed by atoms with van der Waals surface area (Å²) in [6.45, 7) is 4.71. The second kappa shape index (κ2) is 8.45. The lowest BCUT2D eigenvalue weighted by Gasteiger charge is -2.41. The number of nitrogens with one attached hydrogen (secondary N) is 1. The third-order valence-electron chi connectivity index (χ3n) is 4.79. The van der Waals surface area contributed by atoms with Gasteiger partial charge in [0.25, 0.3) is 5.91 Å². The molecule has 0 aromatic heterocycles. The van der Waals surface area contributed by atoms with E-state index in [0.29, 0.717) is 37.3 Å². The highest BCUT2D eigenvalue weighted by Crippen LogP contribution is 2.19. The van der Waals surface area contributed by atoms with Crippen LogP contribution in [0.4, 0.5) is 0 Å². The Morgan fingerprint density at radius 1 is 1.12 bits per heavy atom. The number of Topliss-reactive ketones (excluding diaryl/α,β-unsaturated/α-hetero) is 1. The Labute approximate surface area is 154 Å². The molecular formula is C18H24ClN3O3. The first-order valence-electron chi connectivity index (χ1n) is 8.46. The van der Waals surface area contributed by atoms with Crippen molar-refractivity contribution in [1.82, 2.24) is 15.1 Å². The molecule has 136 valence electrons. The lowest BCUT2D eigenvalue weighted by Crippen LogP contribution is -2.57. The largest absolute Gasteiger partial charge is 0.337 e. The van der Waals surface area contributed by atoms with Gasteiger partial charge in [-0.1, -0.05) is 12.1 Å². The Balaban J connectivity index is 0.00000225. The third-order valence-corrected chi connectivity index (χ3v) is 4.79. The van der Waals surface area contributed by atoms with E-state index in [0.717, 1.165) is 19.4 Å². The fourth-order valence-electron chi connectivity index (χ4n) is 3.43. The molecule has 2 fully saturated rings. The molecule has 0 radical (unpaired) electrons. The maximum absolute atomic E-state index is 12.7. The second-order valence-electron chi connectivity index (χ2n) is 6.44. The summed E-state index contributed by atoms with van der Waals surface area (Å²) in [5.41, 5.74) is 1.20. The summed E-state index contributed by atoms with van der Waals surface area (Å²) < 4.78 is 0. The van der Waals surface area contributed by atoms with Crippen molar-refractivity contribution in [2.24, 2.45) is 0 Å². The molecule has 1 aromatic carbocycles. The van der Waals surface area contributed by atoms with Crippen molar-refractivity contribution in [3.8, 4) is 0 Å². The molecule has 1 atom stereocenters. The predicted molar refractivity (Wildman–Crippen MR) is 97.2 cm³/mol. The number of amides is 2. The fraction of sp³-hybridized carbons (Fsp3) is 0.500. The molecule has 25 heavy (non-hydrogen) atoms. The topological polar surface area (TPSA) is 69.7 Å². The molecule has 0 saturated carbocycles. The van der Waals surface area contributed by atoms with Crippen molar-refractivity contribution in [1.29, 1.82) is 0 Å². The first-order chi connectivity index (χ1) is 11.6. The molecule has 7 heteroatoms. The quantitative estimate of drug-likeness (QED) is 0.821. The molecule has 2 aliphatic rings. The van der Waals surface area contributed by atoms with Crippen LogP contribution >= 0.6 is 12.4 Å². The molecule has 0 aliphatic carbocycles. The van der Waals surface area contributed by atoms with E-state index < -0.39 is 0 Å². The van der Waals surface area contributed by atoms with Crippen molar-refractivity contribution in [2.75, 3.05) is 32.7 Å². The van der Waals surface area contributed by atoms with E-state index in [1.54, 1.807) is 24.3 Å². The van der Waals surface area contributed by atoms with Crippen LogP contribution in [0, 0.1) is 0 Å². The van der Waals surface area contributed by atoms with Gasteiger partial charge in [-0.3, -0.25) is 14.4 Å². The summed E-state index contributed by atoms with van der Waals surface area (Å²) in [7, 11) is 0. The molecule has 1 aromatic rings. The zero-order valence-electron chi connectivity index (χ0n) is 14.4. The highest BCUT2D eigenvalue weighted by atomic mass is 35.5. The van der Waals surface area contributed by atoms with Crippen LogP contribution in [0.3, 0.4) is 0 Å². The highest BCUT2D eigenvalue weighted by molar-refractivity contribution is 5.97. The van der Waals surface area contributed by atoms with Gasteiger partial charge in [0.05, 0.1) is 6.54 Å². The zero-order valence-corrected chi connectivity index (χ0v) is 15.2. The molecule has 2 heterocycles. The Hall–Kier alpha value is -1.92. The minimum Gasteiger partial charge on any atom is -0.337 e. The van der Waals surface area contributed by atoms with Gasteiger partial charge in [0.1, 0.15) is 0 Å². The summed E-state index contributed by atoms with van der Waals surface area (Å²) >= 11 is 0. The van der Waals surface area contributed by atoms with Crippen molar-refractivity contribution in [3.05, 3.63) is 35.4 Å². The number of piperazine rings is 1. The average Bonchev–Trinajstić information content (AvgIpc) is 2.61. The number of hydrogen-bond donors (Lipinski definition) is 1. The van der Waals surface area contributed by atoms with Gasteiger partial charge >= 0.3 is 0 Å². The minimum absolute atomic E-state index is 0.